The van der Waals surface area contributed by atoms with Gasteiger partial charge in [-0.3, -0.25) is 14.9 Å². The van der Waals surface area contributed by atoms with Gasteiger partial charge < -0.3 is 15.0 Å². The Kier molecular flexibility index (Phi) is 4.15. The van der Waals surface area contributed by atoms with E-state index in [1.54, 1.807) is 29.0 Å². The first-order valence-corrected chi connectivity index (χ1v) is 9.54. The Morgan fingerprint density at radius 3 is 2.87 bits per heavy atom. The summed E-state index contributed by atoms with van der Waals surface area (Å²) in [6, 6.07) is 10.2. The fourth-order valence-corrected chi connectivity index (χ4v) is 3.82. The Labute approximate surface area is 177 Å². The van der Waals surface area contributed by atoms with Crippen LogP contribution in [0.15, 0.2) is 48.8 Å². The maximum absolute atomic E-state index is 13.0. The molecule has 5 rings (SSSR count). The molecule has 0 unspecified atom stereocenters. The van der Waals surface area contributed by atoms with Crippen molar-refractivity contribution in [1.29, 1.82) is 0 Å². The van der Waals surface area contributed by atoms with E-state index >= 15 is 0 Å². The average molecular weight is 415 g/mol. The number of pyridine rings is 1. The number of hydrogen-bond donors (Lipinski definition) is 2. The number of methoxy groups -OCH3 is 1. The highest BCUT2D eigenvalue weighted by molar-refractivity contribution is 6.10. The Balaban J connectivity index is 1.49. The third kappa shape index (κ3) is 3.05. The topological polar surface area (TPSA) is 105 Å². The Morgan fingerprint density at radius 2 is 2.10 bits per heavy atom. The molecule has 1 fully saturated rings. The van der Waals surface area contributed by atoms with Crippen molar-refractivity contribution in [2.24, 2.45) is 0 Å². The molecular weight excluding hydrogens is 398 g/mol. The van der Waals surface area contributed by atoms with Crippen LogP contribution in [-0.4, -0.2) is 51.6 Å². The lowest BCUT2D eigenvalue weighted by Crippen LogP contribution is -2.54. The molecule has 1 saturated heterocycles. The van der Waals surface area contributed by atoms with Crippen LogP contribution in [0.3, 0.4) is 0 Å². The van der Waals surface area contributed by atoms with Crippen molar-refractivity contribution in [1.82, 2.24) is 25.1 Å². The van der Waals surface area contributed by atoms with Gasteiger partial charge in [-0.05, 0) is 29.8 Å². The molecule has 31 heavy (non-hydrogen) atoms. The van der Waals surface area contributed by atoms with Crippen LogP contribution in [0.2, 0.25) is 0 Å². The first kappa shape index (κ1) is 18.7. The van der Waals surface area contributed by atoms with Crippen molar-refractivity contribution >= 4 is 23.4 Å². The van der Waals surface area contributed by atoms with Gasteiger partial charge in [0.1, 0.15) is 5.75 Å². The number of hydrogen-bond acceptors (Lipinski definition) is 5. The number of fused-ring (bicyclic) bond motifs is 2. The number of ether oxygens (including phenoxy) is 1. The quantitative estimate of drug-likeness (QED) is 0.489. The van der Waals surface area contributed by atoms with E-state index in [1.165, 1.54) is 12.0 Å². The lowest BCUT2D eigenvalue weighted by atomic mass is 9.99. The number of urea groups is 1. The van der Waals surface area contributed by atoms with Crippen LogP contribution in [-0.2, 0) is 11.3 Å². The van der Waals surface area contributed by atoms with Crippen LogP contribution in [0, 0.1) is 11.8 Å². The van der Waals surface area contributed by atoms with Gasteiger partial charge in [0.25, 0.3) is 11.8 Å². The van der Waals surface area contributed by atoms with E-state index in [9.17, 15) is 14.4 Å². The van der Waals surface area contributed by atoms with Crippen molar-refractivity contribution in [3.63, 3.8) is 0 Å². The van der Waals surface area contributed by atoms with Crippen molar-refractivity contribution in [2.75, 3.05) is 13.7 Å². The van der Waals surface area contributed by atoms with Gasteiger partial charge in [-0.2, -0.15) is 5.10 Å². The molecule has 2 aliphatic rings. The molecule has 2 aromatic heterocycles. The van der Waals surface area contributed by atoms with Crippen LogP contribution in [0.25, 0.3) is 5.52 Å². The lowest BCUT2D eigenvalue weighted by molar-refractivity contribution is -0.122. The fraction of sp³-hybridized carbons (Fsp3) is 0.182. The minimum Gasteiger partial charge on any atom is -0.497 e. The van der Waals surface area contributed by atoms with Crippen LogP contribution in [0.5, 0.6) is 5.75 Å². The molecule has 4 amide bonds. The maximum atomic E-state index is 13.0. The summed E-state index contributed by atoms with van der Waals surface area (Å²) in [5.74, 6) is 5.59. The fourth-order valence-electron chi connectivity index (χ4n) is 3.82. The lowest BCUT2D eigenvalue weighted by Gasteiger charge is -2.26. The predicted molar refractivity (Wildman–Crippen MR) is 109 cm³/mol. The monoisotopic (exact) mass is 415 g/mol. The molecule has 3 aromatic rings. The molecule has 0 aliphatic carbocycles. The number of imide groups is 1. The van der Waals surface area contributed by atoms with Gasteiger partial charge in [0, 0.05) is 18.3 Å². The van der Waals surface area contributed by atoms with Crippen LogP contribution >= 0.6 is 0 Å². The molecule has 1 aromatic carbocycles. The van der Waals surface area contributed by atoms with E-state index in [0.29, 0.717) is 23.4 Å². The number of amides is 4. The number of benzene rings is 1. The third-order valence-electron chi connectivity index (χ3n) is 5.40. The number of carbonyl (C=O) groups is 3. The zero-order valence-corrected chi connectivity index (χ0v) is 16.5. The highest BCUT2D eigenvalue weighted by Gasteiger charge is 2.48. The molecule has 4 heterocycles. The highest BCUT2D eigenvalue weighted by Crippen LogP contribution is 2.28. The van der Waals surface area contributed by atoms with Crippen molar-refractivity contribution in [2.45, 2.75) is 12.1 Å². The smallest absolute Gasteiger partial charge is 0.323 e. The standard InChI is InChI=1S/C22H17N5O4/c1-31-16-6-5-15-12-26(19(28)17(15)10-16)13-22(20(29)24-21(30)25-22)8-7-14-11-23-27-9-3-2-4-18(14)27/h2-6,9-11H,12-13H2,1H3,(H2,24,25,29,30)/t22-/m1/s1. The molecule has 9 nitrogen and oxygen atoms in total. The summed E-state index contributed by atoms with van der Waals surface area (Å²) in [7, 11) is 1.53. The van der Waals surface area contributed by atoms with Gasteiger partial charge in [-0.25, -0.2) is 9.31 Å². The summed E-state index contributed by atoms with van der Waals surface area (Å²) in [6.07, 6.45) is 3.38. The second-order valence-electron chi connectivity index (χ2n) is 7.34. The van der Waals surface area contributed by atoms with E-state index in [0.717, 1.165) is 11.1 Å². The van der Waals surface area contributed by atoms with Crippen LogP contribution in [0.1, 0.15) is 21.5 Å². The Morgan fingerprint density at radius 1 is 1.23 bits per heavy atom. The van der Waals surface area contributed by atoms with E-state index in [-0.39, 0.29) is 12.5 Å². The van der Waals surface area contributed by atoms with Gasteiger partial charge in [-0.1, -0.05) is 24.0 Å². The van der Waals surface area contributed by atoms with Crippen molar-refractivity contribution in [3.8, 4) is 17.6 Å². The summed E-state index contributed by atoms with van der Waals surface area (Å²) >= 11 is 0. The molecule has 0 radical (unpaired) electrons. The average Bonchev–Trinajstić information content (AvgIpc) is 3.41. The molecule has 0 saturated carbocycles. The molecule has 2 aliphatic heterocycles. The van der Waals surface area contributed by atoms with Crippen molar-refractivity contribution < 1.29 is 19.1 Å². The number of nitrogens with zero attached hydrogens (tertiary/aromatic N) is 3. The summed E-state index contributed by atoms with van der Waals surface area (Å²) in [4.78, 5) is 39.1. The minimum atomic E-state index is -1.57. The van der Waals surface area contributed by atoms with E-state index in [4.69, 9.17) is 4.74 Å². The minimum absolute atomic E-state index is 0.0907. The van der Waals surface area contributed by atoms with E-state index in [2.05, 4.69) is 27.6 Å². The Hall–Kier alpha value is -4.32. The second-order valence-corrected chi connectivity index (χ2v) is 7.34. The molecular formula is C22H17N5O4. The predicted octanol–water partition coefficient (Wildman–Crippen LogP) is 0.929. The summed E-state index contributed by atoms with van der Waals surface area (Å²) < 4.78 is 6.87. The number of nitrogens with one attached hydrogen (secondary N) is 2. The zero-order valence-electron chi connectivity index (χ0n) is 16.5. The summed E-state index contributed by atoms with van der Waals surface area (Å²) in [6.45, 7) is 0.216. The molecule has 0 spiro atoms. The van der Waals surface area contributed by atoms with E-state index < -0.39 is 17.5 Å². The summed E-state index contributed by atoms with van der Waals surface area (Å²) in [5.41, 5.74) is 1.14. The summed E-state index contributed by atoms with van der Waals surface area (Å²) in [5, 5.41) is 9.07. The molecule has 1 atom stereocenters. The number of rotatable bonds is 3. The zero-order chi connectivity index (χ0) is 21.6. The first-order valence-electron chi connectivity index (χ1n) is 9.54. The van der Waals surface area contributed by atoms with Crippen LogP contribution < -0.4 is 15.4 Å². The van der Waals surface area contributed by atoms with Crippen molar-refractivity contribution in [3.05, 3.63) is 65.5 Å². The van der Waals surface area contributed by atoms with Gasteiger partial charge in [0.15, 0.2) is 0 Å². The normalized spacial score (nSPS) is 19.6. The van der Waals surface area contributed by atoms with Crippen LogP contribution in [0.4, 0.5) is 4.79 Å². The van der Waals surface area contributed by atoms with Gasteiger partial charge in [0.05, 0.1) is 30.9 Å². The third-order valence-corrected chi connectivity index (χ3v) is 5.40. The molecule has 2 N–H and O–H groups in total. The number of carbonyl (C=O) groups excluding carboxylic acids is 3. The number of aromatic nitrogens is 2. The maximum Gasteiger partial charge on any atom is 0.323 e. The second kappa shape index (κ2) is 6.88. The van der Waals surface area contributed by atoms with E-state index in [1.807, 2.05) is 24.3 Å². The van der Waals surface area contributed by atoms with Gasteiger partial charge >= 0.3 is 6.03 Å². The van der Waals surface area contributed by atoms with Gasteiger partial charge in [0.2, 0.25) is 5.54 Å². The highest BCUT2D eigenvalue weighted by atomic mass is 16.5. The molecule has 154 valence electrons. The largest absolute Gasteiger partial charge is 0.497 e. The SMILES string of the molecule is COc1ccc2c(c1)C(=O)N(C[C@@]1(C#Cc3cnn4ccccc34)NC(=O)NC1=O)C2. The molecule has 9 heteroatoms. The first-order chi connectivity index (χ1) is 15.0. The molecule has 0 bridgehead atoms. The Bertz CT molecular complexity index is 1320. The van der Waals surface area contributed by atoms with Gasteiger partial charge in [-0.15, -0.1) is 0 Å².